The maximum Gasteiger partial charge on any atom is 0.350 e. The van der Waals surface area contributed by atoms with Crippen LogP contribution in [0.4, 0.5) is 22.7 Å². The van der Waals surface area contributed by atoms with E-state index in [0.717, 1.165) is 35.7 Å². The molecule has 0 spiro atoms. The zero-order valence-electron chi connectivity index (χ0n) is 20.6. The number of amides is 1. The molecule has 2 aliphatic rings. The van der Waals surface area contributed by atoms with E-state index in [-0.39, 0.29) is 19.1 Å². The van der Waals surface area contributed by atoms with Gasteiger partial charge in [0.25, 0.3) is 0 Å². The van der Waals surface area contributed by atoms with Crippen molar-refractivity contribution in [1.82, 2.24) is 20.3 Å². The number of carbonyl (C=O) groups excluding carboxylic acids is 2. The molecule has 1 aromatic carbocycles. The summed E-state index contributed by atoms with van der Waals surface area (Å²) in [6, 6.07) is 9.66. The zero-order valence-corrected chi connectivity index (χ0v) is 21.4. The van der Waals surface area contributed by atoms with Gasteiger partial charge >= 0.3 is 5.97 Å². The van der Waals surface area contributed by atoms with Crippen LogP contribution in [0.3, 0.4) is 0 Å². The quantitative estimate of drug-likeness (QED) is 0.449. The van der Waals surface area contributed by atoms with Gasteiger partial charge in [0.15, 0.2) is 5.13 Å². The fraction of sp³-hybridized carbons (Fsp3) is 0.360. The van der Waals surface area contributed by atoms with Gasteiger partial charge in [0.05, 0.1) is 30.5 Å². The van der Waals surface area contributed by atoms with Crippen LogP contribution in [0.25, 0.3) is 0 Å². The molecule has 190 valence electrons. The van der Waals surface area contributed by atoms with Crippen molar-refractivity contribution in [3.8, 4) is 6.07 Å². The number of nitrogens with zero attached hydrogens (tertiary/aromatic N) is 6. The molecule has 2 aliphatic heterocycles. The number of carbonyl (C=O) groups is 2. The predicted octanol–water partition coefficient (Wildman–Crippen LogP) is 2.53. The van der Waals surface area contributed by atoms with E-state index < -0.39 is 5.97 Å². The summed E-state index contributed by atoms with van der Waals surface area (Å²) in [6.07, 6.45) is 0.753. The molecule has 4 heterocycles. The maximum absolute atomic E-state index is 12.3. The highest BCUT2D eigenvalue weighted by Crippen LogP contribution is 2.36. The molecule has 1 saturated heterocycles. The van der Waals surface area contributed by atoms with Crippen LogP contribution in [-0.4, -0.2) is 59.6 Å². The number of thiazole rings is 1. The number of anilines is 4. The van der Waals surface area contributed by atoms with Crippen molar-refractivity contribution in [3.63, 3.8) is 0 Å². The molecule has 1 amide bonds. The molecule has 2 aromatic heterocycles. The smallest absolute Gasteiger partial charge is 0.350 e. The number of aromatic nitrogens is 3. The maximum atomic E-state index is 12.3. The number of nitriles is 1. The van der Waals surface area contributed by atoms with Gasteiger partial charge in [0.2, 0.25) is 11.9 Å². The Labute approximate surface area is 218 Å². The third-order valence-corrected chi connectivity index (χ3v) is 7.22. The first-order chi connectivity index (χ1) is 17.9. The van der Waals surface area contributed by atoms with Gasteiger partial charge in [-0.05, 0) is 38.0 Å². The van der Waals surface area contributed by atoms with Gasteiger partial charge in [0, 0.05) is 31.7 Å². The fourth-order valence-corrected chi connectivity index (χ4v) is 5.28. The lowest BCUT2D eigenvalue weighted by molar-refractivity contribution is -0.120. The number of hydrogen-bond acceptors (Lipinski definition) is 11. The average Bonchev–Trinajstić information content (AvgIpc) is 3.47. The predicted molar refractivity (Wildman–Crippen MR) is 139 cm³/mol. The Morgan fingerprint density at radius 3 is 2.73 bits per heavy atom. The summed E-state index contributed by atoms with van der Waals surface area (Å²) in [4.78, 5) is 43.1. The van der Waals surface area contributed by atoms with Gasteiger partial charge in [-0.2, -0.15) is 15.2 Å². The van der Waals surface area contributed by atoms with Gasteiger partial charge < -0.3 is 19.9 Å². The van der Waals surface area contributed by atoms with Crippen LogP contribution in [0.5, 0.6) is 0 Å². The topological polar surface area (TPSA) is 136 Å². The van der Waals surface area contributed by atoms with E-state index in [1.807, 2.05) is 29.2 Å². The molecule has 5 rings (SSSR count). The monoisotopic (exact) mass is 518 g/mol. The summed E-state index contributed by atoms with van der Waals surface area (Å²) >= 11 is 1.19. The summed E-state index contributed by atoms with van der Waals surface area (Å²) in [5.74, 6) is 1.41. The Morgan fingerprint density at radius 1 is 1.22 bits per heavy atom. The number of nitrogens with one attached hydrogen (secondary N) is 2. The van der Waals surface area contributed by atoms with Crippen LogP contribution in [0.1, 0.15) is 39.0 Å². The van der Waals surface area contributed by atoms with Crippen molar-refractivity contribution in [2.75, 3.05) is 47.9 Å². The number of esters is 1. The standard InChI is InChI=1S/C25H26N8O3S/c1-3-36-23(35)20-15(2)28-25(37-20)31-24-29-21-18(22(30-24)33-11-9-27-19(34)14-33)8-10-32(21)13-17-6-4-16(12-26)5-7-17/h4-7H,3,8-11,13-14H2,1-2H3,(H,27,34)(H,28,29,30,31). The minimum Gasteiger partial charge on any atom is -0.462 e. The van der Waals surface area contributed by atoms with E-state index in [9.17, 15) is 9.59 Å². The molecule has 12 heteroatoms. The summed E-state index contributed by atoms with van der Waals surface area (Å²) in [5.41, 5.74) is 3.25. The van der Waals surface area contributed by atoms with Gasteiger partial charge in [-0.1, -0.05) is 23.5 Å². The number of benzene rings is 1. The molecule has 11 nitrogen and oxygen atoms in total. The van der Waals surface area contributed by atoms with Crippen LogP contribution in [0.2, 0.25) is 0 Å². The molecule has 1 fully saturated rings. The average molecular weight is 519 g/mol. The van der Waals surface area contributed by atoms with E-state index in [2.05, 4.69) is 26.6 Å². The highest BCUT2D eigenvalue weighted by atomic mass is 32.1. The second-order valence-electron chi connectivity index (χ2n) is 8.70. The van der Waals surface area contributed by atoms with Gasteiger partial charge in [-0.15, -0.1) is 0 Å². The number of fused-ring (bicyclic) bond motifs is 1. The van der Waals surface area contributed by atoms with Gasteiger partial charge in [0.1, 0.15) is 16.5 Å². The molecule has 0 bridgehead atoms. The summed E-state index contributed by atoms with van der Waals surface area (Å²) in [5, 5.41) is 15.6. The molecule has 0 aliphatic carbocycles. The third kappa shape index (κ3) is 5.17. The highest BCUT2D eigenvalue weighted by molar-refractivity contribution is 7.17. The second-order valence-corrected chi connectivity index (χ2v) is 9.70. The molecule has 0 saturated carbocycles. The van der Waals surface area contributed by atoms with E-state index in [1.165, 1.54) is 11.3 Å². The molecular weight excluding hydrogens is 492 g/mol. The Morgan fingerprint density at radius 2 is 2.00 bits per heavy atom. The van der Waals surface area contributed by atoms with Crippen molar-refractivity contribution in [2.45, 2.75) is 26.8 Å². The van der Waals surface area contributed by atoms with Crippen molar-refractivity contribution in [3.05, 3.63) is 51.5 Å². The number of rotatable bonds is 7. The number of aryl methyl sites for hydroxylation is 1. The van der Waals surface area contributed by atoms with Crippen LogP contribution < -0.4 is 20.4 Å². The molecule has 3 aromatic rings. The lowest BCUT2D eigenvalue weighted by atomic mass is 10.1. The first kappa shape index (κ1) is 24.5. The van der Waals surface area contributed by atoms with Crippen LogP contribution in [0, 0.1) is 18.3 Å². The van der Waals surface area contributed by atoms with E-state index in [4.69, 9.17) is 20.0 Å². The Kier molecular flexibility index (Phi) is 6.87. The first-order valence-corrected chi connectivity index (χ1v) is 12.8. The van der Waals surface area contributed by atoms with Crippen LogP contribution in [0.15, 0.2) is 24.3 Å². The van der Waals surface area contributed by atoms with Crippen molar-refractivity contribution < 1.29 is 14.3 Å². The summed E-state index contributed by atoms with van der Waals surface area (Å²) in [7, 11) is 0. The number of hydrogen-bond donors (Lipinski definition) is 2. The molecule has 0 unspecified atom stereocenters. The zero-order chi connectivity index (χ0) is 25.9. The summed E-state index contributed by atoms with van der Waals surface area (Å²) in [6.45, 7) is 6.60. The van der Waals surface area contributed by atoms with Gasteiger partial charge in [-0.25, -0.2) is 9.78 Å². The molecule has 0 atom stereocenters. The van der Waals surface area contributed by atoms with Crippen molar-refractivity contribution in [1.29, 1.82) is 5.26 Å². The minimum absolute atomic E-state index is 0.0461. The molecular formula is C25H26N8O3S. The van der Waals surface area contributed by atoms with E-state index in [1.54, 1.807) is 13.8 Å². The second kappa shape index (κ2) is 10.4. The molecule has 2 N–H and O–H groups in total. The number of piperazine rings is 1. The molecule has 37 heavy (non-hydrogen) atoms. The largest absolute Gasteiger partial charge is 0.462 e. The Hall–Kier alpha value is -4.24. The Balaban J connectivity index is 1.48. The van der Waals surface area contributed by atoms with Crippen LogP contribution in [-0.2, 0) is 22.5 Å². The highest BCUT2D eigenvalue weighted by Gasteiger charge is 2.30. The van der Waals surface area contributed by atoms with Crippen molar-refractivity contribution >= 4 is 45.9 Å². The SMILES string of the molecule is CCOC(=O)c1sc(Nc2nc(N3CCNC(=O)C3)c3c(n2)N(Cc2ccc(C#N)cc2)CC3)nc1C. The third-order valence-electron chi connectivity index (χ3n) is 6.17. The first-order valence-electron chi connectivity index (χ1n) is 12.0. The molecule has 0 radical (unpaired) electrons. The summed E-state index contributed by atoms with van der Waals surface area (Å²) < 4.78 is 5.13. The number of ether oxygens (including phenoxy) is 1. The van der Waals surface area contributed by atoms with Crippen LogP contribution >= 0.6 is 11.3 Å². The minimum atomic E-state index is -0.408. The fourth-order valence-electron chi connectivity index (χ4n) is 4.43. The Bertz CT molecular complexity index is 1380. The normalized spacial score (nSPS) is 14.7. The van der Waals surface area contributed by atoms with E-state index >= 15 is 0 Å². The van der Waals surface area contributed by atoms with E-state index in [0.29, 0.717) is 46.8 Å². The van der Waals surface area contributed by atoms with Crippen molar-refractivity contribution in [2.24, 2.45) is 0 Å². The van der Waals surface area contributed by atoms with Gasteiger partial charge in [-0.3, -0.25) is 10.1 Å². The lowest BCUT2D eigenvalue weighted by Gasteiger charge is -2.29. The lowest BCUT2D eigenvalue weighted by Crippen LogP contribution is -2.48.